The van der Waals surface area contributed by atoms with Crippen LogP contribution in [0.2, 0.25) is 0 Å². The van der Waals surface area contributed by atoms with Gasteiger partial charge in [0.2, 0.25) is 5.95 Å². The molecule has 21 heavy (non-hydrogen) atoms. The van der Waals surface area contributed by atoms with Crippen LogP contribution in [0.4, 0.5) is 5.95 Å². The van der Waals surface area contributed by atoms with Gasteiger partial charge in [-0.15, -0.1) is 0 Å². The molecule has 1 N–H and O–H groups in total. The fraction of sp³-hybridized carbons (Fsp3) is 0.750. The van der Waals surface area contributed by atoms with E-state index in [-0.39, 0.29) is 0 Å². The van der Waals surface area contributed by atoms with Gasteiger partial charge in [0.25, 0.3) is 0 Å². The van der Waals surface area contributed by atoms with Crippen molar-refractivity contribution in [1.82, 2.24) is 9.97 Å². The molecule has 0 unspecified atom stereocenters. The lowest BCUT2D eigenvalue weighted by Gasteiger charge is -2.32. The van der Waals surface area contributed by atoms with Gasteiger partial charge in [0, 0.05) is 19.7 Å². The standard InChI is InChI=1S/C16H25N3O2/c1-2-21-14-10-17-16(18-11-14)19-6-3-12(4-7-19)15-9-13(15)5-8-20/h10-13,15,20H,2-9H2,1H3/t13-,15-/m1/s1. The summed E-state index contributed by atoms with van der Waals surface area (Å²) < 4.78 is 5.38. The van der Waals surface area contributed by atoms with Gasteiger partial charge in [-0.1, -0.05) is 0 Å². The third-order valence-corrected chi connectivity index (χ3v) is 4.83. The number of aromatic nitrogens is 2. The largest absolute Gasteiger partial charge is 0.491 e. The number of piperidine rings is 1. The van der Waals surface area contributed by atoms with Crippen molar-refractivity contribution >= 4 is 5.95 Å². The summed E-state index contributed by atoms with van der Waals surface area (Å²) in [5, 5.41) is 9.01. The lowest BCUT2D eigenvalue weighted by atomic mass is 9.90. The number of aliphatic hydroxyl groups excluding tert-OH is 1. The van der Waals surface area contributed by atoms with Gasteiger partial charge in [-0.3, -0.25) is 0 Å². The van der Waals surface area contributed by atoms with Crippen LogP contribution in [-0.4, -0.2) is 41.4 Å². The number of hydrogen-bond acceptors (Lipinski definition) is 5. The predicted octanol–water partition coefficient (Wildman–Crippen LogP) is 2.11. The quantitative estimate of drug-likeness (QED) is 0.870. The SMILES string of the molecule is CCOc1cnc(N2CCC([C@H]3C[C@H]3CCO)CC2)nc1. The van der Waals surface area contributed by atoms with Gasteiger partial charge in [-0.25, -0.2) is 9.97 Å². The van der Waals surface area contributed by atoms with Crippen LogP contribution in [-0.2, 0) is 0 Å². The Morgan fingerprint density at radius 2 is 2.00 bits per heavy atom. The lowest BCUT2D eigenvalue weighted by molar-refractivity contribution is 0.266. The van der Waals surface area contributed by atoms with Crippen molar-refractivity contribution in [3.63, 3.8) is 0 Å². The number of aliphatic hydroxyl groups is 1. The summed E-state index contributed by atoms with van der Waals surface area (Å²) in [6.07, 6.45) is 8.29. The molecular formula is C16H25N3O2. The Morgan fingerprint density at radius 1 is 1.29 bits per heavy atom. The fourth-order valence-electron chi connectivity index (χ4n) is 3.59. The van der Waals surface area contributed by atoms with Crippen molar-refractivity contribution in [2.75, 3.05) is 31.2 Å². The van der Waals surface area contributed by atoms with E-state index >= 15 is 0 Å². The topological polar surface area (TPSA) is 58.5 Å². The average Bonchev–Trinajstić information content (AvgIpc) is 3.28. The molecule has 5 nitrogen and oxygen atoms in total. The van der Waals surface area contributed by atoms with E-state index in [1.54, 1.807) is 12.4 Å². The molecule has 0 spiro atoms. The maximum Gasteiger partial charge on any atom is 0.225 e. The molecule has 0 radical (unpaired) electrons. The van der Waals surface area contributed by atoms with Crippen molar-refractivity contribution in [3.05, 3.63) is 12.4 Å². The van der Waals surface area contributed by atoms with Crippen molar-refractivity contribution in [2.24, 2.45) is 17.8 Å². The maximum atomic E-state index is 9.01. The minimum absolute atomic E-state index is 0.347. The Kier molecular flexibility index (Phi) is 4.58. The molecule has 2 heterocycles. The first kappa shape index (κ1) is 14.6. The highest BCUT2D eigenvalue weighted by atomic mass is 16.5. The molecule has 0 bridgehead atoms. The molecule has 2 atom stereocenters. The molecule has 1 aromatic heterocycles. The molecule has 1 aliphatic heterocycles. The van der Waals surface area contributed by atoms with Crippen LogP contribution in [0.3, 0.4) is 0 Å². The Bertz CT molecular complexity index is 443. The summed E-state index contributed by atoms with van der Waals surface area (Å²) in [6.45, 7) is 5.03. The van der Waals surface area contributed by atoms with E-state index in [0.717, 1.165) is 49.0 Å². The molecule has 1 aromatic rings. The molecule has 116 valence electrons. The van der Waals surface area contributed by atoms with Gasteiger partial charge in [0.1, 0.15) is 0 Å². The summed E-state index contributed by atoms with van der Waals surface area (Å²) in [4.78, 5) is 11.1. The van der Waals surface area contributed by atoms with Crippen LogP contribution >= 0.6 is 0 Å². The third-order valence-electron chi connectivity index (χ3n) is 4.83. The van der Waals surface area contributed by atoms with Crippen LogP contribution in [0.1, 0.15) is 32.6 Å². The first-order valence-corrected chi connectivity index (χ1v) is 8.12. The Morgan fingerprint density at radius 3 is 2.62 bits per heavy atom. The van der Waals surface area contributed by atoms with Crippen LogP contribution in [0.15, 0.2) is 12.4 Å². The van der Waals surface area contributed by atoms with E-state index in [1.165, 1.54) is 19.3 Å². The zero-order chi connectivity index (χ0) is 14.7. The zero-order valence-electron chi connectivity index (χ0n) is 12.7. The first-order chi connectivity index (χ1) is 10.3. The first-order valence-electron chi connectivity index (χ1n) is 8.12. The highest BCUT2D eigenvalue weighted by Gasteiger charge is 2.42. The molecule has 2 aliphatic rings. The fourth-order valence-corrected chi connectivity index (χ4v) is 3.59. The van der Waals surface area contributed by atoms with Gasteiger partial charge < -0.3 is 14.7 Å². The summed E-state index contributed by atoms with van der Waals surface area (Å²) in [5.74, 6) is 4.04. The van der Waals surface area contributed by atoms with E-state index in [2.05, 4.69) is 14.9 Å². The molecule has 2 fully saturated rings. The third kappa shape index (κ3) is 3.46. The van der Waals surface area contributed by atoms with E-state index in [9.17, 15) is 0 Å². The molecule has 1 aliphatic carbocycles. The minimum atomic E-state index is 0.347. The normalized spacial score (nSPS) is 25.9. The van der Waals surface area contributed by atoms with E-state index < -0.39 is 0 Å². The van der Waals surface area contributed by atoms with Gasteiger partial charge in [-0.2, -0.15) is 0 Å². The van der Waals surface area contributed by atoms with Gasteiger partial charge >= 0.3 is 0 Å². The highest BCUT2D eigenvalue weighted by Crippen LogP contribution is 2.49. The number of rotatable bonds is 6. The Hall–Kier alpha value is -1.36. The second-order valence-electron chi connectivity index (χ2n) is 6.15. The van der Waals surface area contributed by atoms with Crippen molar-refractivity contribution in [3.8, 4) is 5.75 Å². The van der Waals surface area contributed by atoms with E-state index in [0.29, 0.717) is 13.2 Å². The van der Waals surface area contributed by atoms with Crippen LogP contribution in [0, 0.1) is 17.8 Å². The average molecular weight is 291 g/mol. The van der Waals surface area contributed by atoms with Gasteiger partial charge in [0.05, 0.1) is 19.0 Å². The molecule has 3 rings (SSSR count). The number of ether oxygens (including phenoxy) is 1. The maximum absolute atomic E-state index is 9.01. The number of anilines is 1. The zero-order valence-corrected chi connectivity index (χ0v) is 12.7. The summed E-state index contributed by atoms with van der Waals surface area (Å²) in [5.41, 5.74) is 0. The molecule has 1 saturated carbocycles. The van der Waals surface area contributed by atoms with Crippen LogP contribution in [0.25, 0.3) is 0 Å². The highest BCUT2D eigenvalue weighted by molar-refractivity contribution is 5.32. The Balaban J connectivity index is 1.49. The number of nitrogens with zero attached hydrogens (tertiary/aromatic N) is 3. The Labute approximate surface area is 126 Å². The second-order valence-corrected chi connectivity index (χ2v) is 6.15. The minimum Gasteiger partial charge on any atom is -0.491 e. The van der Waals surface area contributed by atoms with Gasteiger partial charge in [0.15, 0.2) is 5.75 Å². The lowest BCUT2D eigenvalue weighted by Crippen LogP contribution is -2.35. The molecule has 0 amide bonds. The van der Waals surface area contributed by atoms with Crippen LogP contribution < -0.4 is 9.64 Å². The second kappa shape index (κ2) is 6.60. The summed E-state index contributed by atoms with van der Waals surface area (Å²) >= 11 is 0. The predicted molar refractivity (Wildman–Crippen MR) is 81.4 cm³/mol. The van der Waals surface area contributed by atoms with E-state index in [4.69, 9.17) is 9.84 Å². The molecule has 0 aromatic carbocycles. The summed E-state index contributed by atoms with van der Waals surface area (Å²) in [7, 11) is 0. The molecule has 1 saturated heterocycles. The monoisotopic (exact) mass is 291 g/mol. The van der Waals surface area contributed by atoms with Crippen molar-refractivity contribution in [1.29, 1.82) is 0 Å². The summed E-state index contributed by atoms with van der Waals surface area (Å²) in [6, 6.07) is 0. The van der Waals surface area contributed by atoms with Crippen molar-refractivity contribution < 1.29 is 9.84 Å². The van der Waals surface area contributed by atoms with Crippen molar-refractivity contribution in [2.45, 2.75) is 32.6 Å². The smallest absolute Gasteiger partial charge is 0.225 e. The molecular weight excluding hydrogens is 266 g/mol. The number of hydrogen-bond donors (Lipinski definition) is 1. The van der Waals surface area contributed by atoms with Crippen LogP contribution in [0.5, 0.6) is 5.75 Å². The van der Waals surface area contributed by atoms with E-state index in [1.807, 2.05) is 6.92 Å². The molecule has 5 heteroatoms. The van der Waals surface area contributed by atoms with Gasteiger partial charge in [-0.05, 0) is 50.4 Å².